The Kier molecular flexibility index (Phi) is 6.38. The molecule has 6 heteroatoms. The number of benzene rings is 1. The van der Waals surface area contributed by atoms with Gasteiger partial charge in [0.2, 0.25) is 0 Å². The summed E-state index contributed by atoms with van der Waals surface area (Å²) in [5.41, 5.74) is 4.06. The van der Waals surface area contributed by atoms with Crippen LogP contribution in [-0.4, -0.2) is 23.6 Å². The lowest BCUT2D eigenvalue weighted by Gasteiger charge is -2.18. The Morgan fingerprint density at radius 1 is 1.24 bits per heavy atom. The monoisotopic (exact) mass is 394 g/mol. The van der Waals surface area contributed by atoms with Gasteiger partial charge in [0, 0.05) is 42.4 Å². The van der Waals surface area contributed by atoms with Gasteiger partial charge in [0.25, 0.3) is 5.91 Å². The Bertz CT molecular complexity index is 977. The van der Waals surface area contributed by atoms with E-state index in [0.717, 1.165) is 61.5 Å². The molecule has 1 aromatic carbocycles. The quantitative estimate of drug-likeness (QED) is 0.565. The van der Waals surface area contributed by atoms with E-state index in [0.29, 0.717) is 5.69 Å². The Labute approximate surface area is 171 Å². The van der Waals surface area contributed by atoms with Crippen LogP contribution in [0.2, 0.25) is 0 Å². The van der Waals surface area contributed by atoms with E-state index < -0.39 is 11.7 Å². The summed E-state index contributed by atoms with van der Waals surface area (Å²) in [7, 11) is 0. The normalized spacial score (nSPS) is 14.2. The van der Waals surface area contributed by atoms with Gasteiger partial charge in [0.15, 0.2) is 0 Å². The molecule has 29 heavy (non-hydrogen) atoms. The van der Waals surface area contributed by atoms with Crippen molar-refractivity contribution in [1.82, 2.24) is 4.57 Å². The average Bonchev–Trinajstić information content (AvgIpc) is 3.30. The third kappa shape index (κ3) is 4.68. The number of aromatic nitrogens is 1. The zero-order valence-corrected chi connectivity index (χ0v) is 17.3. The molecule has 0 saturated carbocycles. The number of halogens is 1. The largest absolute Gasteiger partial charge is 0.371 e. The second kappa shape index (κ2) is 8.95. The third-order valence-corrected chi connectivity index (χ3v) is 5.34. The molecule has 0 spiro atoms. The summed E-state index contributed by atoms with van der Waals surface area (Å²) < 4.78 is 16.2. The van der Waals surface area contributed by atoms with E-state index in [9.17, 15) is 14.4 Å². The Hall–Kier alpha value is -3.07. The first-order valence-corrected chi connectivity index (χ1v) is 10.1. The number of hydrogen-bond donors (Lipinski definition) is 1. The van der Waals surface area contributed by atoms with Crippen LogP contribution in [-0.2, 0) is 11.3 Å². The van der Waals surface area contributed by atoms with E-state index in [4.69, 9.17) is 0 Å². The molecule has 0 atom stereocenters. The van der Waals surface area contributed by atoms with Crippen LogP contribution in [0.4, 0.5) is 15.8 Å². The van der Waals surface area contributed by atoms with Crippen molar-refractivity contribution < 1.29 is 9.18 Å². The molecule has 2 aromatic rings. The van der Waals surface area contributed by atoms with Gasteiger partial charge in [-0.2, -0.15) is 5.26 Å². The fourth-order valence-electron chi connectivity index (χ4n) is 3.85. The molecule has 0 aliphatic carbocycles. The molecular weight excluding hydrogens is 367 g/mol. The number of nitriles is 1. The maximum atomic E-state index is 14.1. The van der Waals surface area contributed by atoms with Gasteiger partial charge in [-0.3, -0.25) is 4.79 Å². The van der Waals surface area contributed by atoms with Gasteiger partial charge in [0.1, 0.15) is 17.5 Å². The number of nitrogens with one attached hydrogen (secondary N) is 1. The summed E-state index contributed by atoms with van der Waals surface area (Å²) in [5, 5.41) is 12.2. The molecule has 152 valence electrons. The number of hydrogen-bond acceptors (Lipinski definition) is 3. The fourth-order valence-corrected chi connectivity index (χ4v) is 3.85. The number of anilines is 2. The van der Waals surface area contributed by atoms with Crippen molar-refractivity contribution in [2.75, 3.05) is 23.3 Å². The van der Waals surface area contributed by atoms with E-state index in [1.807, 2.05) is 26.0 Å². The number of nitrogens with zero attached hydrogens (tertiary/aromatic N) is 3. The van der Waals surface area contributed by atoms with Crippen molar-refractivity contribution in [2.45, 2.75) is 46.6 Å². The Morgan fingerprint density at radius 3 is 2.62 bits per heavy atom. The molecule has 1 aliphatic heterocycles. The standard InChI is InChI=1S/C23H27FN4O/c1-4-7-28-16(2)10-18(17(28)3)11-19(15-25)23(29)26-21-12-20(24)13-22(14-21)27-8-5-6-9-27/h10-14H,4-9H2,1-3H3,(H,26,29)/b19-11-. The zero-order valence-electron chi connectivity index (χ0n) is 17.3. The summed E-state index contributed by atoms with van der Waals surface area (Å²) in [6, 6.07) is 8.47. The fraction of sp³-hybridized carbons (Fsp3) is 0.391. The lowest BCUT2D eigenvalue weighted by molar-refractivity contribution is -0.112. The van der Waals surface area contributed by atoms with Crippen LogP contribution in [0, 0.1) is 31.0 Å². The molecule has 1 fully saturated rings. The van der Waals surface area contributed by atoms with Crippen molar-refractivity contribution in [1.29, 1.82) is 5.26 Å². The molecule has 2 heterocycles. The van der Waals surface area contributed by atoms with Crippen LogP contribution in [0.15, 0.2) is 29.8 Å². The number of amides is 1. The van der Waals surface area contributed by atoms with Crippen LogP contribution < -0.4 is 10.2 Å². The summed E-state index contributed by atoms with van der Waals surface area (Å²) in [5.74, 6) is -0.943. The minimum atomic E-state index is -0.536. The molecule has 0 bridgehead atoms. The number of carbonyl (C=O) groups excluding carboxylic acids is 1. The third-order valence-electron chi connectivity index (χ3n) is 5.34. The van der Waals surface area contributed by atoms with Crippen LogP contribution >= 0.6 is 0 Å². The topological polar surface area (TPSA) is 61.1 Å². The highest BCUT2D eigenvalue weighted by molar-refractivity contribution is 6.09. The average molecular weight is 394 g/mol. The molecule has 5 nitrogen and oxygen atoms in total. The molecule has 0 unspecified atom stereocenters. The van der Waals surface area contributed by atoms with Gasteiger partial charge in [-0.15, -0.1) is 0 Å². The van der Waals surface area contributed by atoms with Gasteiger partial charge in [-0.1, -0.05) is 6.92 Å². The number of aryl methyl sites for hydroxylation is 1. The van der Waals surface area contributed by atoms with Crippen LogP contribution in [0.25, 0.3) is 6.08 Å². The first-order chi connectivity index (χ1) is 13.9. The Morgan fingerprint density at radius 2 is 1.97 bits per heavy atom. The van der Waals surface area contributed by atoms with Gasteiger partial charge in [-0.05, 0) is 69.0 Å². The molecule has 1 N–H and O–H groups in total. The zero-order chi connectivity index (χ0) is 21.0. The first kappa shape index (κ1) is 20.7. The number of carbonyl (C=O) groups is 1. The molecule has 1 aromatic heterocycles. The van der Waals surface area contributed by atoms with Gasteiger partial charge >= 0.3 is 0 Å². The maximum Gasteiger partial charge on any atom is 0.266 e. The number of rotatable bonds is 6. The van der Waals surface area contributed by atoms with Gasteiger partial charge < -0.3 is 14.8 Å². The van der Waals surface area contributed by atoms with E-state index >= 15 is 0 Å². The summed E-state index contributed by atoms with van der Waals surface area (Å²) in [4.78, 5) is 14.8. The maximum absolute atomic E-state index is 14.1. The van der Waals surface area contributed by atoms with Crippen molar-refractivity contribution in [3.8, 4) is 6.07 Å². The van der Waals surface area contributed by atoms with Crippen molar-refractivity contribution in [3.63, 3.8) is 0 Å². The molecule has 1 aliphatic rings. The summed E-state index contributed by atoms with van der Waals surface area (Å²) >= 11 is 0. The van der Waals surface area contributed by atoms with Gasteiger partial charge in [0.05, 0.1) is 0 Å². The van der Waals surface area contributed by atoms with E-state index in [1.54, 1.807) is 12.1 Å². The van der Waals surface area contributed by atoms with Crippen molar-refractivity contribution >= 4 is 23.4 Å². The lowest BCUT2D eigenvalue weighted by Crippen LogP contribution is -2.19. The predicted molar refractivity (Wildman–Crippen MR) is 114 cm³/mol. The Balaban J connectivity index is 1.83. The first-order valence-electron chi connectivity index (χ1n) is 10.1. The summed E-state index contributed by atoms with van der Waals surface area (Å²) in [6.45, 7) is 8.76. The molecule has 1 saturated heterocycles. The molecule has 3 rings (SSSR count). The SMILES string of the molecule is CCCn1c(C)cc(/C=C(/C#N)C(=O)Nc2cc(F)cc(N3CCCC3)c2)c1C. The second-order valence-corrected chi connectivity index (χ2v) is 7.49. The van der Waals surface area contributed by atoms with Crippen molar-refractivity contribution in [2.24, 2.45) is 0 Å². The predicted octanol–water partition coefficient (Wildman–Crippen LogP) is 4.80. The highest BCUT2D eigenvalue weighted by Gasteiger charge is 2.16. The van der Waals surface area contributed by atoms with Crippen LogP contribution in [0.1, 0.15) is 43.1 Å². The van der Waals surface area contributed by atoms with E-state index in [2.05, 4.69) is 21.7 Å². The summed E-state index contributed by atoms with van der Waals surface area (Å²) in [6.07, 6.45) is 4.76. The molecular formula is C23H27FN4O. The van der Waals surface area contributed by atoms with Crippen LogP contribution in [0.5, 0.6) is 0 Å². The smallest absolute Gasteiger partial charge is 0.266 e. The second-order valence-electron chi connectivity index (χ2n) is 7.49. The van der Waals surface area contributed by atoms with E-state index in [1.165, 1.54) is 12.1 Å². The van der Waals surface area contributed by atoms with Crippen molar-refractivity contribution in [3.05, 3.63) is 52.6 Å². The molecule has 0 radical (unpaired) electrons. The molecule has 1 amide bonds. The van der Waals surface area contributed by atoms with Crippen LogP contribution in [0.3, 0.4) is 0 Å². The highest BCUT2D eigenvalue weighted by atomic mass is 19.1. The minimum Gasteiger partial charge on any atom is -0.371 e. The minimum absolute atomic E-state index is 0.00580. The highest BCUT2D eigenvalue weighted by Crippen LogP contribution is 2.26. The lowest BCUT2D eigenvalue weighted by atomic mass is 10.1. The van der Waals surface area contributed by atoms with E-state index in [-0.39, 0.29) is 5.57 Å². The van der Waals surface area contributed by atoms with Gasteiger partial charge in [-0.25, -0.2) is 4.39 Å².